The summed E-state index contributed by atoms with van der Waals surface area (Å²) in [6.07, 6.45) is 3.56. The Hall–Kier alpha value is -1.94. The SMILES string of the molecule is O=C(NC1N[C@@]2(c3cc(Br)cs3)CN(c3ncccn3)C[C@H]2CS1)c1ccccc1. The summed E-state index contributed by atoms with van der Waals surface area (Å²) in [4.78, 5) is 25.2. The minimum absolute atomic E-state index is 0.0668. The molecule has 3 atom stereocenters. The predicted octanol–water partition coefficient (Wildman–Crippen LogP) is 3.68. The lowest BCUT2D eigenvalue weighted by molar-refractivity contribution is 0.0934. The number of benzene rings is 1. The van der Waals surface area contributed by atoms with Crippen LogP contribution in [-0.2, 0) is 5.54 Å². The van der Waals surface area contributed by atoms with Gasteiger partial charge in [-0.25, -0.2) is 9.97 Å². The van der Waals surface area contributed by atoms with Crippen molar-refractivity contribution < 1.29 is 4.79 Å². The standard InChI is InChI=1S/C21H20BrN5OS2/c22-16-9-17(29-12-16)21-13-27(19-23-7-4-8-24-19)10-15(21)11-30-20(26-21)25-18(28)14-5-2-1-3-6-14/h1-9,12,15,20,26H,10-11,13H2,(H,25,28)/t15-,20?,21-/m0/s1. The maximum atomic E-state index is 12.7. The molecule has 9 heteroatoms. The molecule has 6 nitrogen and oxygen atoms in total. The molecule has 1 aromatic carbocycles. The van der Waals surface area contributed by atoms with Gasteiger partial charge in [0.1, 0.15) is 5.50 Å². The number of aromatic nitrogens is 2. The molecule has 30 heavy (non-hydrogen) atoms. The van der Waals surface area contributed by atoms with Gasteiger partial charge in [0.05, 0.1) is 5.54 Å². The Kier molecular flexibility index (Phi) is 5.53. The molecule has 0 spiro atoms. The third-order valence-electron chi connectivity index (χ3n) is 5.57. The molecule has 2 aromatic heterocycles. The normalized spacial score (nSPS) is 25.7. The first kappa shape index (κ1) is 20.0. The van der Waals surface area contributed by atoms with Crippen molar-refractivity contribution in [1.29, 1.82) is 0 Å². The molecule has 3 aromatic rings. The molecule has 2 aliphatic heterocycles. The number of thioether (sulfide) groups is 1. The number of amides is 1. The van der Waals surface area contributed by atoms with E-state index in [1.54, 1.807) is 35.5 Å². The highest BCUT2D eigenvalue weighted by molar-refractivity contribution is 9.10. The first-order valence-electron chi connectivity index (χ1n) is 9.66. The molecule has 5 rings (SSSR count). The summed E-state index contributed by atoms with van der Waals surface area (Å²) in [6, 6.07) is 13.4. The highest BCUT2D eigenvalue weighted by atomic mass is 79.9. The average molecular weight is 502 g/mol. The zero-order chi connectivity index (χ0) is 20.6. The molecule has 2 saturated heterocycles. The Morgan fingerprint density at radius 1 is 1.23 bits per heavy atom. The van der Waals surface area contributed by atoms with Crippen molar-refractivity contribution in [2.24, 2.45) is 5.92 Å². The molecule has 0 bridgehead atoms. The molecule has 2 N–H and O–H groups in total. The Morgan fingerprint density at radius 2 is 2.03 bits per heavy atom. The fourth-order valence-corrected chi connectivity index (χ4v) is 7.10. The van der Waals surface area contributed by atoms with Crippen molar-refractivity contribution in [2.45, 2.75) is 11.0 Å². The minimum Gasteiger partial charge on any atom is -0.338 e. The molecule has 0 aliphatic carbocycles. The summed E-state index contributed by atoms with van der Waals surface area (Å²) in [5.74, 6) is 1.99. The van der Waals surface area contributed by atoms with Gasteiger partial charge >= 0.3 is 0 Å². The van der Waals surface area contributed by atoms with Gasteiger partial charge in [-0.3, -0.25) is 10.1 Å². The van der Waals surface area contributed by atoms with Gasteiger partial charge in [-0.15, -0.1) is 23.1 Å². The lowest BCUT2D eigenvalue weighted by Crippen LogP contribution is -2.60. The van der Waals surface area contributed by atoms with Crippen molar-refractivity contribution in [2.75, 3.05) is 23.7 Å². The van der Waals surface area contributed by atoms with Gasteiger partial charge in [-0.2, -0.15) is 0 Å². The molecule has 4 heterocycles. The fraction of sp³-hybridized carbons (Fsp3) is 0.286. The summed E-state index contributed by atoms with van der Waals surface area (Å²) in [6.45, 7) is 1.63. The molecule has 1 amide bonds. The lowest BCUT2D eigenvalue weighted by Gasteiger charge is -2.42. The number of rotatable bonds is 4. The van der Waals surface area contributed by atoms with Crippen LogP contribution in [0.25, 0.3) is 0 Å². The van der Waals surface area contributed by atoms with Crippen LogP contribution in [0.2, 0.25) is 0 Å². The number of thiophene rings is 1. The Balaban J connectivity index is 1.42. The van der Waals surface area contributed by atoms with Crippen molar-refractivity contribution in [3.05, 3.63) is 75.2 Å². The number of hydrogen-bond acceptors (Lipinski definition) is 7. The van der Waals surface area contributed by atoms with Crippen LogP contribution in [0.5, 0.6) is 0 Å². The van der Waals surface area contributed by atoms with Crippen LogP contribution < -0.4 is 15.5 Å². The molecule has 2 aliphatic rings. The largest absolute Gasteiger partial charge is 0.338 e. The number of carbonyl (C=O) groups excluding carboxylic acids is 1. The second-order valence-electron chi connectivity index (χ2n) is 7.42. The van der Waals surface area contributed by atoms with Crippen molar-refractivity contribution in [3.63, 3.8) is 0 Å². The van der Waals surface area contributed by atoms with Crippen LogP contribution in [-0.4, -0.2) is 40.2 Å². The Morgan fingerprint density at radius 3 is 2.77 bits per heavy atom. The van der Waals surface area contributed by atoms with Crippen molar-refractivity contribution >= 4 is 50.9 Å². The summed E-state index contributed by atoms with van der Waals surface area (Å²) < 4.78 is 1.08. The third kappa shape index (κ3) is 3.75. The van der Waals surface area contributed by atoms with Gasteiger partial charge < -0.3 is 10.2 Å². The Bertz CT molecular complexity index is 1030. The number of hydrogen-bond donors (Lipinski definition) is 2. The van der Waals surface area contributed by atoms with Gasteiger partial charge in [0, 0.05) is 57.4 Å². The number of halogens is 1. The summed E-state index contributed by atoms with van der Waals surface area (Å²) in [7, 11) is 0. The van der Waals surface area contributed by atoms with Crippen molar-refractivity contribution in [1.82, 2.24) is 20.6 Å². The van der Waals surface area contributed by atoms with Crippen LogP contribution in [0, 0.1) is 5.92 Å². The smallest absolute Gasteiger partial charge is 0.253 e. The van der Waals surface area contributed by atoms with E-state index in [-0.39, 0.29) is 16.9 Å². The van der Waals surface area contributed by atoms with E-state index in [1.807, 2.05) is 36.4 Å². The van der Waals surface area contributed by atoms with Gasteiger partial charge in [-0.1, -0.05) is 18.2 Å². The maximum Gasteiger partial charge on any atom is 0.253 e. The third-order valence-corrected chi connectivity index (χ3v) is 8.60. The highest BCUT2D eigenvalue weighted by Crippen LogP contribution is 2.46. The fourth-order valence-electron chi connectivity index (χ4n) is 4.14. The number of fused-ring (bicyclic) bond motifs is 1. The topological polar surface area (TPSA) is 70.2 Å². The van der Waals surface area contributed by atoms with E-state index in [1.165, 1.54) is 4.88 Å². The van der Waals surface area contributed by atoms with E-state index in [0.29, 0.717) is 11.5 Å². The first-order chi connectivity index (χ1) is 14.6. The summed E-state index contributed by atoms with van der Waals surface area (Å²) in [5.41, 5.74) is 0.225. The summed E-state index contributed by atoms with van der Waals surface area (Å²) >= 11 is 7.09. The lowest BCUT2D eigenvalue weighted by atomic mass is 9.86. The van der Waals surface area contributed by atoms with Gasteiger partial charge in [0.15, 0.2) is 0 Å². The zero-order valence-corrected chi connectivity index (χ0v) is 19.2. The number of anilines is 1. The van der Waals surface area contributed by atoms with E-state index in [9.17, 15) is 4.79 Å². The second-order valence-corrected chi connectivity index (χ2v) is 10.4. The molecule has 0 radical (unpaired) electrons. The highest BCUT2D eigenvalue weighted by Gasteiger charge is 2.53. The van der Waals surface area contributed by atoms with E-state index < -0.39 is 0 Å². The number of carbonyl (C=O) groups is 1. The monoisotopic (exact) mass is 501 g/mol. The molecule has 154 valence electrons. The number of nitrogens with zero attached hydrogens (tertiary/aromatic N) is 3. The van der Waals surface area contributed by atoms with E-state index in [2.05, 4.69) is 52.9 Å². The van der Waals surface area contributed by atoms with Gasteiger partial charge in [0.2, 0.25) is 5.95 Å². The maximum absolute atomic E-state index is 12.7. The molecular formula is C21H20BrN5OS2. The molecule has 1 unspecified atom stereocenters. The quantitative estimate of drug-likeness (QED) is 0.568. The molecule has 0 saturated carbocycles. The van der Waals surface area contributed by atoms with Crippen LogP contribution in [0.15, 0.2) is 64.7 Å². The van der Waals surface area contributed by atoms with E-state index in [4.69, 9.17) is 0 Å². The van der Waals surface area contributed by atoms with E-state index in [0.717, 1.165) is 29.3 Å². The zero-order valence-electron chi connectivity index (χ0n) is 16.0. The van der Waals surface area contributed by atoms with E-state index >= 15 is 0 Å². The predicted molar refractivity (Wildman–Crippen MR) is 125 cm³/mol. The summed E-state index contributed by atoms with van der Waals surface area (Å²) in [5, 5.41) is 9.06. The first-order valence-corrected chi connectivity index (χ1v) is 12.4. The molecular weight excluding hydrogens is 482 g/mol. The van der Waals surface area contributed by atoms with Crippen LogP contribution in [0.4, 0.5) is 5.95 Å². The molecule has 2 fully saturated rings. The number of nitrogens with one attached hydrogen (secondary N) is 2. The van der Waals surface area contributed by atoms with Gasteiger partial charge in [0.25, 0.3) is 5.91 Å². The van der Waals surface area contributed by atoms with Crippen molar-refractivity contribution in [3.8, 4) is 0 Å². The van der Waals surface area contributed by atoms with Crippen LogP contribution in [0.1, 0.15) is 15.2 Å². The second kappa shape index (κ2) is 8.30. The van der Waals surface area contributed by atoms with Gasteiger partial charge in [-0.05, 0) is 40.2 Å². The minimum atomic E-state index is -0.268. The Labute approximate surface area is 191 Å². The van der Waals surface area contributed by atoms with Crippen LogP contribution in [0.3, 0.4) is 0 Å². The van der Waals surface area contributed by atoms with Crippen LogP contribution >= 0.6 is 39.0 Å². The average Bonchev–Trinajstić information content (AvgIpc) is 3.39.